The van der Waals surface area contributed by atoms with E-state index in [0.29, 0.717) is 30.8 Å². The van der Waals surface area contributed by atoms with E-state index in [9.17, 15) is 9.90 Å². The second-order valence-corrected chi connectivity index (χ2v) is 7.63. The largest absolute Gasteiger partial charge is 0.389 e. The van der Waals surface area contributed by atoms with Gasteiger partial charge in [0.25, 0.3) is 0 Å². The predicted octanol–water partition coefficient (Wildman–Crippen LogP) is 4.65. The molecular weight excluding hydrogens is 376 g/mol. The fraction of sp³-hybridized carbons (Fsp3) is 0.542. The standard InChI is InChI=1S/C24H40N4O2/c1-6-22(13-7-8-15-24(30)26-16-10-11-19(2)3)18-27-28-20(4)12-9-14-23(17-25)21(5)29/h6-7,12-14,17-19,21,25,28-29H,8-11,15-16H2,1-5H3,(H,26,30)/b13-7-,20-12+,22-6+,23-14-,25-17?,27-18?. The molecule has 6 nitrogen and oxygen atoms in total. The number of allylic oxidation sites excluding steroid dienone is 7. The molecule has 0 rings (SSSR count). The lowest BCUT2D eigenvalue weighted by atomic mass is 10.1. The molecule has 0 aliphatic carbocycles. The van der Waals surface area contributed by atoms with Crippen LogP contribution >= 0.6 is 0 Å². The Kier molecular flexibility index (Phi) is 16.0. The van der Waals surface area contributed by atoms with Gasteiger partial charge < -0.3 is 15.8 Å². The SMILES string of the molecule is C/C=C(C=NN/C(C)=C/C/C=C(/C=N)C(C)O)\C=C/CCC(=O)NCCCC(C)C. The highest BCUT2D eigenvalue weighted by Crippen LogP contribution is 2.03. The molecule has 0 saturated heterocycles. The number of hydrazone groups is 1. The predicted molar refractivity (Wildman–Crippen MR) is 128 cm³/mol. The van der Waals surface area contributed by atoms with Crippen molar-refractivity contribution in [3.05, 3.63) is 47.2 Å². The van der Waals surface area contributed by atoms with E-state index < -0.39 is 6.10 Å². The second kappa shape index (κ2) is 17.4. The highest BCUT2D eigenvalue weighted by atomic mass is 16.3. The zero-order chi connectivity index (χ0) is 22.8. The molecule has 0 aliphatic heterocycles. The summed E-state index contributed by atoms with van der Waals surface area (Å²) in [6.45, 7) is 10.6. The Morgan fingerprint density at radius 2 is 1.97 bits per heavy atom. The van der Waals surface area contributed by atoms with Crippen molar-refractivity contribution in [2.45, 2.75) is 72.8 Å². The monoisotopic (exact) mass is 416 g/mol. The third kappa shape index (κ3) is 15.5. The van der Waals surface area contributed by atoms with E-state index in [1.54, 1.807) is 13.1 Å². The summed E-state index contributed by atoms with van der Waals surface area (Å²) >= 11 is 0. The van der Waals surface area contributed by atoms with Gasteiger partial charge in [0, 0.05) is 24.9 Å². The Labute approximate surface area is 182 Å². The highest BCUT2D eigenvalue weighted by molar-refractivity contribution is 5.82. The molecule has 0 saturated carbocycles. The van der Waals surface area contributed by atoms with Gasteiger partial charge in [0.2, 0.25) is 5.91 Å². The first-order chi connectivity index (χ1) is 14.3. The molecule has 0 spiro atoms. The van der Waals surface area contributed by atoms with E-state index in [4.69, 9.17) is 5.41 Å². The van der Waals surface area contributed by atoms with Gasteiger partial charge in [0.15, 0.2) is 0 Å². The summed E-state index contributed by atoms with van der Waals surface area (Å²) in [6, 6.07) is 0. The fourth-order valence-electron chi connectivity index (χ4n) is 2.45. The van der Waals surface area contributed by atoms with Crippen molar-refractivity contribution in [1.82, 2.24) is 10.7 Å². The lowest BCUT2D eigenvalue weighted by Gasteiger charge is -2.06. The molecule has 6 heteroatoms. The van der Waals surface area contributed by atoms with Crippen LogP contribution in [0.2, 0.25) is 0 Å². The number of aliphatic hydroxyl groups excluding tert-OH is 1. The van der Waals surface area contributed by atoms with Crippen LogP contribution in [0, 0.1) is 11.3 Å². The van der Waals surface area contributed by atoms with Crippen molar-refractivity contribution in [2.24, 2.45) is 11.0 Å². The zero-order valence-corrected chi connectivity index (χ0v) is 19.2. The van der Waals surface area contributed by atoms with Crippen LogP contribution in [0.4, 0.5) is 0 Å². The molecule has 0 bridgehead atoms. The number of nitrogens with zero attached hydrogens (tertiary/aromatic N) is 1. The molecule has 1 amide bonds. The number of nitrogens with one attached hydrogen (secondary N) is 3. The maximum Gasteiger partial charge on any atom is 0.220 e. The van der Waals surface area contributed by atoms with Gasteiger partial charge in [0.05, 0.1) is 12.3 Å². The summed E-state index contributed by atoms with van der Waals surface area (Å²) in [5.74, 6) is 0.768. The van der Waals surface area contributed by atoms with Gasteiger partial charge in [-0.2, -0.15) is 5.10 Å². The number of hydrogen-bond donors (Lipinski definition) is 4. The van der Waals surface area contributed by atoms with Crippen LogP contribution in [-0.4, -0.2) is 36.1 Å². The van der Waals surface area contributed by atoms with Crippen LogP contribution in [0.25, 0.3) is 0 Å². The number of aliphatic hydroxyl groups is 1. The zero-order valence-electron chi connectivity index (χ0n) is 19.2. The van der Waals surface area contributed by atoms with Crippen LogP contribution in [0.3, 0.4) is 0 Å². The third-order valence-electron chi connectivity index (χ3n) is 4.34. The molecule has 0 fully saturated rings. The van der Waals surface area contributed by atoms with E-state index in [2.05, 4.69) is 29.7 Å². The Morgan fingerprint density at radius 1 is 1.23 bits per heavy atom. The summed E-state index contributed by atoms with van der Waals surface area (Å²) in [6.07, 6.45) is 15.9. The Morgan fingerprint density at radius 3 is 2.57 bits per heavy atom. The lowest BCUT2D eigenvalue weighted by Crippen LogP contribution is -2.24. The normalized spacial score (nSPS) is 14.6. The molecule has 0 aromatic rings. The molecule has 0 aliphatic rings. The molecule has 0 aromatic heterocycles. The molecule has 30 heavy (non-hydrogen) atoms. The van der Waals surface area contributed by atoms with Crippen molar-refractivity contribution in [2.75, 3.05) is 6.54 Å². The Balaban J connectivity index is 4.27. The van der Waals surface area contributed by atoms with E-state index in [0.717, 1.165) is 30.7 Å². The van der Waals surface area contributed by atoms with Crippen molar-refractivity contribution in [1.29, 1.82) is 5.41 Å². The minimum absolute atomic E-state index is 0.0948. The number of rotatable bonds is 15. The third-order valence-corrected chi connectivity index (χ3v) is 4.34. The van der Waals surface area contributed by atoms with E-state index in [1.165, 1.54) is 6.21 Å². The van der Waals surface area contributed by atoms with Crippen LogP contribution < -0.4 is 10.7 Å². The van der Waals surface area contributed by atoms with E-state index in [1.807, 2.05) is 44.2 Å². The molecule has 0 heterocycles. The average molecular weight is 417 g/mol. The fourth-order valence-corrected chi connectivity index (χ4v) is 2.45. The maximum atomic E-state index is 11.8. The number of carbonyl (C=O) groups is 1. The molecule has 168 valence electrons. The first kappa shape index (κ1) is 27.5. The molecule has 0 radical (unpaired) electrons. The van der Waals surface area contributed by atoms with Crippen molar-refractivity contribution in [3.63, 3.8) is 0 Å². The second-order valence-electron chi connectivity index (χ2n) is 7.63. The molecular formula is C24H40N4O2. The number of carbonyl (C=O) groups excluding carboxylic acids is 1. The maximum absolute atomic E-state index is 11.8. The van der Waals surface area contributed by atoms with Gasteiger partial charge in [-0.25, -0.2) is 0 Å². The van der Waals surface area contributed by atoms with Gasteiger partial charge in [-0.3, -0.25) is 10.2 Å². The van der Waals surface area contributed by atoms with Crippen LogP contribution in [0.1, 0.15) is 66.7 Å². The summed E-state index contributed by atoms with van der Waals surface area (Å²) in [5.41, 5.74) is 5.38. The van der Waals surface area contributed by atoms with Crippen LogP contribution in [0.5, 0.6) is 0 Å². The van der Waals surface area contributed by atoms with Gasteiger partial charge in [-0.1, -0.05) is 44.2 Å². The van der Waals surface area contributed by atoms with Gasteiger partial charge in [0.1, 0.15) is 0 Å². The highest BCUT2D eigenvalue weighted by Gasteiger charge is 2.00. The first-order valence-electron chi connectivity index (χ1n) is 10.7. The summed E-state index contributed by atoms with van der Waals surface area (Å²) in [5, 5.41) is 23.9. The van der Waals surface area contributed by atoms with Gasteiger partial charge in [-0.15, -0.1) is 0 Å². The molecule has 1 atom stereocenters. The minimum atomic E-state index is -0.637. The smallest absolute Gasteiger partial charge is 0.220 e. The van der Waals surface area contributed by atoms with Crippen molar-refractivity contribution < 1.29 is 9.90 Å². The van der Waals surface area contributed by atoms with Crippen molar-refractivity contribution >= 4 is 18.3 Å². The van der Waals surface area contributed by atoms with Crippen molar-refractivity contribution in [3.8, 4) is 0 Å². The van der Waals surface area contributed by atoms with E-state index >= 15 is 0 Å². The van der Waals surface area contributed by atoms with Gasteiger partial charge in [-0.05, 0) is 63.5 Å². The molecule has 0 aromatic carbocycles. The lowest BCUT2D eigenvalue weighted by molar-refractivity contribution is -0.121. The Hall–Kier alpha value is -2.47. The summed E-state index contributed by atoms with van der Waals surface area (Å²) in [7, 11) is 0. The first-order valence-corrected chi connectivity index (χ1v) is 10.7. The minimum Gasteiger partial charge on any atom is -0.389 e. The quantitative estimate of drug-likeness (QED) is 0.135. The van der Waals surface area contributed by atoms with E-state index in [-0.39, 0.29) is 5.91 Å². The average Bonchev–Trinajstić information content (AvgIpc) is 2.69. The topological polar surface area (TPSA) is 97.6 Å². The van der Waals surface area contributed by atoms with Crippen LogP contribution in [-0.2, 0) is 4.79 Å². The summed E-state index contributed by atoms with van der Waals surface area (Å²) < 4.78 is 0. The number of hydrogen-bond acceptors (Lipinski definition) is 5. The molecule has 1 unspecified atom stereocenters. The molecule has 4 N–H and O–H groups in total. The van der Waals surface area contributed by atoms with Gasteiger partial charge >= 0.3 is 0 Å². The number of amides is 1. The van der Waals surface area contributed by atoms with Crippen LogP contribution in [0.15, 0.2) is 52.3 Å². The Bertz CT molecular complexity index is 656. The summed E-state index contributed by atoms with van der Waals surface area (Å²) in [4.78, 5) is 11.8.